The molecule has 0 aliphatic heterocycles. The molecule has 146 valence electrons. The Hall–Kier alpha value is -4.08. The second-order valence-electron chi connectivity index (χ2n) is 5.63. The number of aromatic nitrogens is 1. The Kier molecular flexibility index (Phi) is 5.53. The van der Waals surface area contributed by atoms with E-state index in [2.05, 4.69) is 11.6 Å². The van der Waals surface area contributed by atoms with Crippen LogP contribution in [0.25, 0.3) is 17.0 Å². The normalized spacial score (nSPS) is 11.2. The number of carbonyl (C=O) groups excluding carboxylic acids is 1. The van der Waals surface area contributed by atoms with Gasteiger partial charge in [0.15, 0.2) is 11.5 Å². The first-order valence-electron chi connectivity index (χ1n) is 7.71. The standard InChI is InChI=1S/C18H16N2O8/c1-3-4-28-18(27)7(2)5-9-12(19)11-8(16(23)24)6-10(17(25)26)20-13(11)15(22)14(9)21/h3,5-6,21-22H,1,4,19H2,2H3,(H,23,24)(H,25,26)/b7-5+. The summed E-state index contributed by atoms with van der Waals surface area (Å²) in [5.74, 6) is -5.49. The predicted octanol–water partition coefficient (Wildman–Crippen LogP) is 1.76. The molecule has 2 aromatic rings. The van der Waals surface area contributed by atoms with Crippen LogP contribution in [-0.4, -0.2) is 49.9 Å². The van der Waals surface area contributed by atoms with Crippen LogP contribution in [0.15, 0.2) is 24.3 Å². The Morgan fingerprint density at radius 1 is 1.21 bits per heavy atom. The van der Waals surface area contributed by atoms with Gasteiger partial charge in [-0.2, -0.15) is 0 Å². The van der Waals surface area contributed by atoms with Crippen molar-refractivity contribution in [3.05, 3.63) is 41.1 Å². The van der Waals surface area contributed by atoms with Gasteiger partial charge in [0.2, 0.25) is 0 Å². The highest BCUT2D eigenvalue weighted by atomic mass is 16.5. The second-order valence-corrected chi connectivity index (χ2v) is 5.63. The van der Waals surface area contributed by atoms with Gasteiger partial charge < -0.3 is 30.9 Å². The molecule has 10 nitrogen and oxygen atoms in total. The average molecular weight is 388 g/mol. The van der Waals surface area contributed by atoms with Gasteiger partial charge in [0, 0.05) is 16.5 Å². The van der Waals surface area contributed by atoms with E-state index < -0.39 is 46.2 Å². The number of rotatable bonds is 6. The summed E-state index contributed by atoms with van der Waals surface area (Å²) in [5, 5.41) is 38.7. The molecule has 0 amide bonds. The number of phenolic OH excluding ortho intramolecular Hbond substituents is 2. The van der Waals surface area contributed by atoms with Gasteiger partial charge >= 0.3 is 17.9 Å². The van der Waals surface area contributed by atoms with Crippen molar-refractivity contribution in [2.24, 2.45) is 0 Å². The zero-order valence-electron chi connectivity index (χ0n) is 14.6. The van der Waals surface area contributed by atoms with E-state index in [1.54, 1.807) is 0 Å². The molecule has 28 heavy (non-hydrogen) atoms. The first kappa shape index (κ1) is 20.2. The van der Waals surface area contributed by atoms with Gasteiger partial charge in [-0.15, -0.1) is 0 Å². The Morgan fingerprint density at radius 2 is 1.86 bits per heavy atom. The predicted molar refractivity (Wildman–Crippen MR) is 98.2 cm³/mol. The van der Waals surface area contributed by atoms with Crippen molar-refractivity contribution in [2.75, 3.05) is 12.3 Å². The second kappa shape index (κ2) is 7.66. The topological polar surface area (TPSA) is 180 Å². The van der Waals surface area contributed by atoms with Crippen molar-refractivity contribution in [1.82, 2.24) is 4.98 Å². The van der Waals surface area contributed by atoms with Crippen LogP contribution < -0.4 is 5.73 Å². The molecule has 6 N–H and O–H groups in total. The van der Waals surface area contributed by atoms with Crippen LogP contribution in [0.5, 0.6) is 11.5 Å². The van der Waals surface area contributed by atoms with Crippen molar-refractivity contribution < 1.29 is 39.5 Å². The summed E-state index contributed by atoms with van der Waals surface area (Å²) in [4.78, 5) is 38.3. The monoisotopic (exact) mass is 388 g/mol. The number of carboxylic acid groups (broad SMARTS) is 2. The number of aromatic hydroxyl groups is 2. The molecule has 0 fully saturated rings. The smallest absolute Gasteiger partial charge is 0.354 e. The maximum absolute atomic E-state index is 11.9. The summed E-state index contributed by atoms with van der Waals surface area (Å²) < 4.78 is 4.84. The Labute approximate surface area is 157 Å². The van der Waals surface area contributed by atoms with Crippen molar-refractivity contribution in [3.63, 3.8) is 0 Å². The summed E-state index contributed by atoms with van der Waals surface area (Å²) in [6, 6.07) is 0.776. The molecule has 10 heteroatoms. The number of hydrogen-bond donors (Lipinski definition) is 5. The SMILES string of the molecule is C=CCOC(=O)/C(C)=C/c1c(O)c(O)c2nc(C(=O)O)cc(C(=O)O)c2c1N. The number of nitrogens with zero attached hydrogens (tertiary/aromatic N) is 1. The van der Waals surface area contributed by atoms with E-state index in [0.29, 0.717) is 0 Å². The van der Waals surface area contributed by atoms with Crippen molar-refractivity contribution >= 4 is 40.6 Å². The fourth-order valence-corrected chi connectivity index (χ4v) is 2.44. The lowest BCUT2D eigenvalue weighted by Gasteiger charge is -2.14. The highest BCUT2D eigenvalue weighted by Gasteiger charge is 2.25. The van der Waals surface area contributed by atoms with Crippen LogP contribution in [0.4, 0.5) is 5.69 Å². The van der Waals surface area contributed by atoms with Crippen LogP contribution >= 0.6 is 0 Å². The number of carbonyl (C=O) groups is 3. The molecule has 0 spiro atoms. The summed E-state index contributed by atoms with van der Waals surface area (Å²) in [5.41, 5.74) is 3.69. The molecule has 0 bridgehead atoms. The highest BCUT2D eigenvalue weighted by molar-refractivity contribution is 6.14. The third-order valence-corrected chi connectivity index (χ3v) is 3.75. The van der Waals surface area contributed by atoms with Crippen LogP contribution in [0.1, 0.15) is 33.3 Å². The molecule has 0 unspecified atom stereocenters. The van der Waals surface area contributed by atoms with E-state index in [9.17, 15) is 29.7 Å². The summed E-state index contributed by atoms with van der Waals surface area (Å²) in [7, 11) is 0. The third kappa shape index (κ3) is 3.56. The third-order valence-electron chi connectivity index (χ3n) is 3.75. The molecule has 2 rings (SSSR count). The Bertz CT molecular complexity index is 1060. The highest BCUT2D eigenvalue weighted by Crippen LogP contribution is 2.43. The molecule has 0 atom stereocenters. The molecule has 1 heterocycles. The number of anilines is 1. The van der Waals surface area contributed by atoms with Gasteiger partial charge in [-0.05, 0) is 19.1 Å². The van der Waals surface area contributed by atoms with Gasteiger partial charge in [-0.25, -0.2) is 19.4 Å². The molecule has 1 aromatic carbocycles. The summed E-state index contributed by atoms with van der Waals surface area (Å²) in [6.07, 6.45) is 2.45. The number of hydrogen-bond acceptors (Lipinski definition) is 8. The number of aromatic carboxylic acids is 2. The van der Waals surface area contributed by atoms with Gasteiger partial charge in [-0.3, -0.25) is 0 Å². The van der Waals surface area contributed by atoms with Crippen LogP contribution in [0.2, 0.25) is 0 Å². The van der Waals surface area contributed by atoms with E-state index in [-0.39, 0.29) is 28.8 Å². The van der Waals surface area contributed by atoms with Crippen molar-refractivity contribution in [3.8, 4) is 11.5 Å². The number of phenols is 2. The lowest BCUT2D eigenvalue weighted by atomic mass is 9.98. The average Bonchev–Trinajstić information content (AvgIpc) is 2.66. The zero-order valence-corrected chi connectivity index (χ0v) is 14.6. The van der Waals surface area contributed by atoms with Crippen LogP contribution in [0.3, 0.4) is 0 Å². The number of fused-ring (bicyclic) bond motifs is 1. The number of nitrogen functional groups attached to an aromatic ring is 1. The van der Waals surface area contributed by atoms with Crippen molar-refractivity contribution in [2.45, 2.75) is 6.92 Å². The lowest BCUT2D eigenvalue weighted by molar-refractivity contribution is -0.137. The Balaban J connectivity index is 2.84. The molecule has 0 aliphatic carbocycles. The van der Waals surface area contributed by atoms with Gasteiger partial charge in [0.05, 0.1) is 11.3 Å². The fraction of sp³-hybridized carbons (Fsp3) is 0.111. The van der Waals surface area contributed by atoms with E-state index in [4.69, 9.17) is 15.6 Å². The first-order valence-corrected chi connectivity index (χ1v) is 7.71. The van der Waals surface area contributed by atoms with Gasteiger partial charge in [-0.1, -0.05) is 12.7 Å². The van der Waals surface area contributed by atoms with E-state index >= 15 is 0 Å². The van der Waals surface area contributed by atoms with Gasteiger partial charge in [0.25, 0.3) is 0 Å². The molecule has 0 saturated carbocycles. The minimum Gasteiger partial charge on any atom is -0.504 e. The number of esters is 1. The number of pyridine rings is 1. The quantitative estimate of drug-likeness (QED) is 0.122. The van der Waals surface area contributed by atoms with E-state index in [1.165, 1.54) is 13.0 Å². The zero-order chi connectivity index (χ0) is 21.2. The van der Waals surface area contributed by atoms with Crippen LogP contribution in [-0.2, 0) is 9.53 Å². The first-order chi connectivity index (χ1) is 13.1. The van der Waals surface area contributed by atoms with Crippen molar-refractivity contribution in [1.29, 1.82) is 0 Å². The van der Waals surface area contributed by atoms with E-state index in [1.807, 2.05) is 0 Å². The largest absolute Gasteiger partial charge is 0.504 e. The summed E-state index contributed by atoms with van der Waals surface area (Å²) >= 11 is 0. The molecule has 0 saturated heterocycles. The Morgan fingerprint density at radius 3 is 2.39 bits per heavy atom. The number of benzene rings is 1. The number of carboxylic acids is 2. The molecule has 0 aliphatic rings. The number of nitrogens with two attached hydrogens (primary N) is 1. The maximum Gasteiger partial charge on any atom is 0.354 e. The number of ether oxygens (including phenoxy) is 1. The summed E-state index contributed by atoms with van der Waals surface area (Å²) in [6.45, 7) is 4.70. The molecule has 1 aromatic heterocycles. The fourth-order valence-electron chi connectivity index (χ4n) is 2.44. The minimum absolute atomic E-state index is 0.00501. The maximum atomic E-state index is 11.9. The molecule has 0 radical (unpaired) electrons. The molecular weight excluding hydrogens is 372 g/mol. The van der Waals surface area contributed by atoms with Gasteiger partial charge in [0.1, 0.15) is 17.8 Å². The molecular formula is C18H16N2O8. The lowest BCUT2D eigenvalue weighted by Crippen LogP contribution is -2.09. The van der Waals surface area contributed by atoms with E-state index in [0.717, 1.165) is 12.1 Å². The van der Waals surface area contributed by atoms with Crippen LogP contribution in [0, 0.1) is 0 Å². The minimum atomic E-state index is -1.54.